The molecule has 0 spiro atoms. The number of rotatable bonds is 7. The van der Waals surface area contributed by atoms with E-state index in [1.807, 2.05) is 11.4 Å². The number of thiophene rings is 1. The van der Waals surface area contributed by atoms with E-state index >= 15 is 0 Å². The standard InChI is InChI=1S/C11H17NO2S/c1-2-3-6-12-7-8-14-11(13)10-5-4-9-15-10/h4-5,9,12H,2-3,6-8H2,1H3. The number of carbonyl (C=O) groups is 1. The van der Waals surface area contributed by atoms with Crippen LogP contribution in [0.2, 0.25) is 0 Å². The zero-order valence-corrected chi connectivity index (χ0v) is 9.81. The molecule has 0 saturated heterocycles. The average molecular weight is 227 g/mol. The summed E-state index contributed by atoms with van der Waals surface area (Å²) in [6.07, 6.45) is 2.35. The molecule has 4 heteroatoms. The Bertz CT molecular complexity index is 272. The van der Waals surface area contributed by atoms with Crippen LogP contribution in [0.5, 0.6) is 0 Å². The Morgan fingerprint density at radius 3 is 3.07 bits per heavy atom. The molecule has 84 valence electrons. The predicted octanol–water partition coefficient (Wildman–Crippen LogP) is 2.29. The normalized spacial score (nSPS) is 10.2. The smallest absolute Gasteiger partial charge is 0.348 e. The van der Waals surface area contributed by atoms with Gasteiger partial charge in [-0.3, -0.25) is 0 Å². The van der Waals surface area contributed by atoms with Crippen molar-refractivity contribution < 1.29 is 9.53 Å². The Morgan fingerprint density at radius 1 is 1.53 bits per heavy atom. The van der Waals surface area contributed by atoms with Gasteiger partial charge in [0.05, 0.1) is 0 Å². The Labute approximate surface area is 94.5 Å². The van der Waals surface area contributed by atoms with Gasteiger partial charge in [-0.2, -0.15) is 0 Å². The van der Waals surface area contributed by atoms with E-state index in [2.05, 4.69) is 12.2 Å². The second-order valence-corrected chi connectivity index (χ2v) is 4.16. The van der Waals surface area contributed by atoms with E-state index in [-0.39, 0.29) is 5.97 Å². The summed E-state index contributed by atoms with van der Waals surface area (Å²) in [7, 11) is 0. The minimum atomic E-state index is -0.220. The van der Waals surface area contributed by atoms with E-state index in [1.165, 1.54) is 24.2 Å². The number of nitrogens with one attached hydrogen (secondary N) is 1. The monoisotopic (exact) mass is 227 g/mol. The van der Waals surface area contributed by atoms with Crippen molar-refractivity contribution in [2.75, 3.05) is 19.7 Å². The maximum atomic E-state index is 11.4. The highest BCUT2D eigenvalue weighted by atomic mass is 32.1. The second kappa shape index (κ2) is 7.43. The summed E-state index contributed by atoms with van der Waals surface area (Å²) in [4.78, 5) is 12.0. The number of unbranched alkanes of at least 4 members (excludes halogenated alkanes) is 1. The van der Waals surface area contributed by atoms with Gasteiger partial charge in [0.25, 0.3) is 0 Å². The fraction of sp³-hybridized carbons (Fsp3) is 0.545. The molecule has 0 aliphatic rings. The topological polar surface area (TPSA) is 38.3 Å². The summed E-state index contributed by atoms with van der Waals surface area (Å²) in [6, 6.07) is 3.62. The van der Waals surface area contributed by atoms with Crippen molar-refractivity contribution in [2.24, 2.45) is 0 Å². The van der Waals surface area contributed by atoms with Crippen LogP contribution in [-0.2, 0) is 4.74 Å². The van der Waals surface area contributed by atoms with E-state index in [0.29, 0.717) is 11.5 Å². The van der Waals surface area contributed by atoms with Crippen LogP contribution in [0.4, 0.5) is 0 Å². The first-order chi connectivity index (χ1) is 7.34. The number of hydrogen-bond donors (Lipinski definition) is 1. The number of carbonyl (C=O) groups excluding carboxylic acids is 1. The van der Waals surface area contributed by atoms with Crippen molar-refractivity contribution in [3.63, 3.8) is 0 Å². The van der Waals surface area contributed by atoms with Crippen LogP contribution >= 0.6 is 11.3 Å². The van der Waals surface area contributed by atoms with E-state index < -0.39 is 0 Å². The first-order valence-electron chi connectivity index (χ1n) is 5.26. The van der Waals surface area contributed by atoms with Gasteiger partial charge >= 0.3 is 5.97 Å². The molecule has 0 radical (unpaired) electrons. The van der Waals surface area contributed by atoms with E-state index in [0.717, 1.165) is 13.1 Å². The van der Waals surface area contributed by atoms with E-state index in [1.54, 1.807) is 6.07 Å². The van der Waals surface area contributed by atoms with Gasteiger partial charge in [0.2, 0.25) is 0 Å². The molecule has 1 aromatic heterocycles. The third kappa shape index (κ3) is 4.95. The lowest BCUT2D eigenvalue weighted by atomic mass is 10.3. The molecule has 0 saturated carbocycles. The minimum Gasteiger partial charge on any atom is -0.460 e. The maximum absolute atomic E-state index is 11.4. The lowest BCUT2D eigenvalue weighted by Gasteiger charge is -2.04. The molecule has 1 N–H and O–H groups in total. The summed E-state index contributed by atoms with van der Waals surface area (Å²) in [5.74, 6) is -0.220. The highest BCUT2D eigenvalue weighted by Crippen LogP contribution is 2.09. The Hall–Kier alpha value is -0.870. The van der Waals surface area contributed by atoms with Gasteiger partial charge in [0.15, 0.2) is 0 Å². The average Bonchev–Trinajstić information content (AvgIpc) is 2.76. The molecule has 0 fully saturated rings. The number of hydrogen-bond acceptors (Lipinski definition) is 4. The second-order valence-electron chi connectivity index (χ2n) is 3.22. The Morgan fingerprint density at radius 2 is 2.40 bits per heavy atom. The van der Waals surface area contributed by atoms with Crippen LogP contribution in [0.15, 0.2) is 17.5 Å². The molecule has 0 aliphatic heterocycles. The van der Waals surface area contributed by atoms with Gasteiger partial charge in [0, 0.05) is 6.54 Å². The molecule has 0 unspecified atom stereocenters. The van der Waals surface area contributed by atoms with Gasteiger partial charge in [-0.15, -0.1) is 11.3 Å². The van der Waals surface area contributed by atoms with Gasteiger partial charge in [-0.05, 0) is 24.4 Å². The highest BCUT2D eigenvalue weighted by molar-refractivity contribution is 7.11. The Balaban J connectivity index is 2.03. The summed E-state index contributed by atoms with van der Waals surface area (Å²) in [6.45, 7) is 4.32. The molecule has 0 atom stereocenters. The first-order valence-corrected chi connectivity index (χ1v) is 6.14. The molecule has 0 amide bonds. The zero-order chi connectivity index (χ0) is 10.9. The van der Waals surface area contributed by atoms with Crippen LogP contribution in [0.1, 0.15) is 29.4 Å². The summed E-state index contributed by atoms with van der Waals surface area (Å²) >= 11 is 1.41. The predicted molar refractivity (Wildman–Crippen MR) is 62.4 cm³/mol. The van der Waals surface area contributed by atoms with Gasteiger partial charge in [-0.1, -0.05) is 19.4 Å². The van der Waals surface area contributed by atoms with Crippen molar-refractivity contribution in [2.45, 2.75) is 19.8 Å². The summed E-state index contributed by atoms with van der Waals surface area (Å²) < 4.78 is 5.08. The fourth-order valence-electron chi connectivity index (χ4n) is 1.11. The van der Waals surface area contributed by atoms with Crippen molar-refractivity contribution in [1.29, 1.82) is 0 Å². The molecule has 0 aliphatic carbocycles. The highest BCUT2D eigenvalue weighted by Gasteiger charge is 2.06. The zero-order valence-electron chi connectivity index (χ0n) is 8.99. The Kier molecular flexibility index (Phi) is 6.04. The fourth-order valence-corrected chi connectivity index (χ4v) is 1.72. The van der Waals surface area contributed by atoms with Gasteiger partial charge in [0.1, 0.15) is 11.5 Å². The minimum absolute atomic E-state index is 0.220. The maximum Gasteiger partial charge on any atom is 0.348 e. The van der Waals surface area contributed by atoms with Crippen LogP contribution < -0.4 is 5.32 Å². The molecular weight excluding hydrogens is 210 g/mol. The van der Waals surface area contributed by atoms with Crippen LogP contribution in [0, 0.1) is 0 Å². The SMILES string of the molecule is CCCCNCCOC(=O)c1cccs1. The summed E-state index contributed by atoms with van der Waals surface area (Å²) in [5.41, 5.74) is 0. The quantitative estimate of drug-likeness (QED) is 0.574. The third-order valence-electron chi connectivity index (χ3n) is 1.94. The molecular formula is C11H17NO2S. The number of ether oxygens (including phenoxy) is 1. The van der Waals surface area contributed by atoms with E-state index in [4.69, 9.17) is 4.74 Å². The lowest BCUT2D eigenvalue weighted by molar-refractivity contribution is 0.0514. The molecule has 1 rings (SSSR count). The molecule has 3 nitrogen and oxygen atoms in total. The van der Waals surface area contributed by atoms with Crippen LogP contribution in [0.3, 0.4) is 0 Å². The molecule has 1 heterocycles. The lowest BCUT2D eigenvalue weighted by Crippen LogP contribution is -2.22. The molecule has 15 heavy (non-hydrogen) atoms. The first kappa shape index (κ1) is 12.2. The molecule has 1 aromatic rings. The molecule has 0 bridgehead atoms. The van der Waals surface area contributed by atoms with E-state index in [9.17, 15) is 4.79 Å². The van der Waals surface area contributed by atoms with Crippen LogP contribution in [0.25, 0.3) is 0 Å². The van der Waals surface area contributed by atoms with Crippen molar-refractivity contribution in [1.82, 2.24) is 5.32 Å². The van der Waals surface area contributed by atoms with Crippen LogP contribution in [-0.4, -0.2) is 25.7 Å². The van der Waals surface area contributed by atoms with Gasteiger partial charge in [-0.25, -0.2) is 4.79 Å². The largest absolute Gasteiger partial charge is 0.460 e. The van der Waals surface area contributed by atoms with Crippen molar-refractivity contribution in [3.8, 4) is 0 Å². The third-order valence-corrected chi connectivity index (χ3v) is 2.79. The summed E-state index contributed by atoms with van der Waals surface area (Å²) in [5, 5.41) is 5.08. The molecule has 0 aromatic carbocycles. The van der Waals surface area contributed by atoms with Crippen molar-refractivity contribution in [3.05, 3.63) is 22.4 Å². The van der Waals surface area contributed by atoms with Crippen molar-refractivity contribution >= 4 is 17.3 Å². The van der Waals surface area contributed by atoms with Gasteiger partial charge < -0.3 is 10.1 Å². The number of esters is 1.